The van der Waals surface area contributed by atoms with Gasteiger partial charge < -0.3 is 0 Å². The number of hydrogen-bond donors (Lipinski definition) is 0. The van der Waals surface area contributed by atoms with E-state index in [0.29, 0.717) is 0 Å². The lowest BCUT2D eigenvalue weighted by Gasteiger charge is -2.05. The van der Waals surface area contributed by atoms with Crippen molar-refractivity contribution >= 4 is 8.58 Å². The van der Waals surface area contributed by atoms with Gasteiger partial charge in [0.1, 0.15) is 0 Å². The predicted molar refractivity (Wildman–Crippen MR) is 43.6 cm³/mol. The fourth-order valence-corrected chi connectivity index (χ4v) is 3.58. The highest BCUT2D eigenvalue weighted by atomic mass is 31.1. The Morgan fingerprint density at radius 1 is 0.778 bits per heavy atom. The average Bonchev–Trinajstić information content (AvgIpc) is 2.46. The summed E-state index contributed by atoms with van der Waals surface area (Å²) < 4.78 is 0. The maximum atomic E-state index is 1.56. The SMILES string of the molecule is C1CCC(PC2CC2)C1. The monoisotopic (exact) mass is 142 g/mol. The van der Waals surface area contributed by atoms with Crippen LogP contribution in [-0.2, 0) is 0 Å². The highest BCUT2D eigenvalue weighted by Crippen LogP contribution is 2.46. The maximum Gasteiger partial charge on any atom is -0.0234 e. The Morgan fingerprint density at radius 2 is 1.33 bits per heavy atom. The van der Waals surface area contributed by atoms with E-state index in [1.165, 1.54) is 32.7 Å². The summed E-state index contributed by atoms with van der Waals surface area (Å²) in [6, 6.07) is 0. The van der Waals surface area contributed by atoms with Gasteiger partial charge in [-0.05, 0) is 37.0 Å². The van der Waals surface area contributed by atoms with Crippen molar-refractivity contribution in [2.75, 3.05) is 0 Å². The lowest BCUT2D eigenvalue weighted by atomic mass is 10.4. The lowest BCUT2D eigenvalue weighted by molar-refractivity contribution is 0.886. The van der Waals surface area contributed by atoms with E-state index in [-0.39, 0.29) is 0 Å². The Bertz CT molecular complexity index is 90.7. The van der Waals surface area contributed by atoms with Crippen LogP contribution in [0, 0.1) is 0 Å². The zero-order valence-corrected chi connectivity index (χ0v) is 6.90. The van der Waals surface area contributed by atoms with Gasteiger partial charge in [-0.3, -0.25) is 0 Å². The summed E-state index contributed by atoms with van der Waals surface area (Å²) in [6.07, 6.45) is 9.32. The Balaban J connectivity index is 1.70. The molecule has 2 aliphatic rings. The fourth-order valence-electron chi connectivity index (χ4n) is 1.68. The summed E-state index contributed by atoms with van der Waals surface area (Å²) >= 11 is 0. The number of hydrogen-bond acceptors (Lipinski definition) is 0. The van der Waals surface area contributed by atoms with Gasteiger partial charge in [-0.25, -0.2) is 0 Å². The lowest BCUT2D eigenvalue weighted by Crippen LogP contribution is -1.91. The van der Waals surface area contributed by atoms with E-state index in [2.05, 4.69) is 0 Å². The largest absolute Gasteiger partial charge is 0.116 e. The van der Waals surface area contributed by atoms with Gasteiger partial charge >= 0.3 is 0 Å². The normalized spacial score (nSPS) is 30.7. The summed E-state index contributed by atoms with van der Waals surface area (Å²) in [7, 11) is 1.35. The Morgan fingerprint density at radius 3 is 1.89 bits per heavy atom. The molecule has 0 aliphatic heterocycles. The minimum Gasteiger partial charge on any atom is -0.116 e. The molecule has 1 unspecified atom stereocenters. The van der Waals surface area contributed by atoms with Gasteiger partial charge in [0.05, 0.1) is 0 Å². The Kier molecular flexibility index (Phi) is 1.77. The summed E-state index contributed by atoms with van der Waals surface area (Å²) in [6.45, 7) is 0. The van der Waals surface area contributed by atoms with Crippen molar-refractivity contribution in [3.63, 3.8) is 0 Å². The molecule has 9 heavy (non-hydrogen) atoms. The molecule has 0 N–H and O–H groups in total. The van der Waals surface area contributed by atoms with E-state index < -0.39 is 0 Å². The van der Waals surface area contributed by atoms with Gasteiger partial charge in [0.15, 0.2) is 0 Å². The minimum atomic E-state index is 1.18. The van der Waals surface area contributed by atoms with Crippen molar-refractivity contribution < 1.29 is 0 Å². The van der Waals surface area contributed by atoms with Crippen LogP contribution in [-0.4, -0.2) is 11.3 Å². The fraction of sp³-hybridized carbons (Fsp3) is 1.00. The zero-order chi connectivity index (χ0) is 6.10. The van der Waals surface area contributed by atoms with Crippen molar-refractivity contribution in [2.24, 2.45) is 0 Å². The second kappa shape index (κ2) is 2.58. The molecule has 0 amide bonds. The molecule has 0 aromatic carbocycles. The van der Waals surface area contributed by atoms with E-state index >= 15 is 0 Å². The highest BCUT2D eigenvalue weighted by Gasteiger charge is 2.26. The molecule has 0 spiro atoms. The zero-order valence-electron chi connectivity index (χ0n) is 5.90. The van der Waals surface area contributed by atoms with Gasteiger partial charge in [0, 0.05) is 0 Å². The van der Waals surface area contributed by atoms with Gasteiger partial charge in [0.2, 0.25) is 0 Å². The first-order valence-corrected chi connectivity index (χ1v) is 5.37. The standard InChI is InChI=1S/C8H15P/c1-2-4-7(3-1)9-8-5-6-8/h7-9H,1-6H2. The number of rotatable bonds is 2. The van der Waals surface area contributed by atoms with Crippen molar-refractivity contribution in [1.82, 2.24) is 0 Å². The molecule has 0 nitrogen and oxygen atoms in total. The topological polar surface area (TPSA) is 0 Å². The highest BCUT2D eigenvalue weighted by molar-refractivity contribution is 7.40. The van der Waals surface area contributed by atoms with Crippen LogP contribution in [0.2, 0.25) is 0 Å². The molecule has 2 fully saturated rings. The molecule has 1 atom stereocenters. The van der Waals surface area contributed by atoms with E-state index in [4.69, 9.17) is 0 Å². The second-order valence-corrected chi connectivity index (χ2v) is 5.39. The molecule has 0 aromatic rings. The van der Waals surface area contributed by atoms with Gasteiger partial charge in [-0.2, -0.15) is 0 Å². The van der Waals surface area contributed by atoms with Gasteiger partial charge in [-0.15, -0.1) is 8.58 Å². The van der Waals surface area contributed by atoms with Gasteiger partial charge in [0.25, 0.3) is 0 Å². The molecule has 0 saturated heterocycles. The molecule has 0 heterocycles. The first-order chi connectivity index (χ1) is 4.45. The molecule has 0 radical (unpaired) electrons. The van der Waals surface area contributed by atoms with Crippen LogP contribution in [0.15, 0.2) is 0 Å². The molecular formula is C8H15P. The van der Waals surface area contributed by atoms with Crippen LogP contribution < -0.4 is 0 Å². The molecule has 2 rings (SSSR count). The minimum absolute atomic E-state index is 1.18. The van der Waals surface area contributed by atoms with Crippen molar-refractivity contribution in [2.45, 2.75) is 49.8 Å². The second-order valence-electron chi connectivity index (χ2n) is 3.42. The molecule has 2 aliphatic carbocycles. The van der Waals surface area contributed by atoms with Crippen LogP contribution in [0.5, 0.6) is 0 Å². The third kappa shape index (κ3) is 1.67. The Labute approximate surface area is 59.2 Å². The smallest absolute Gasteiger partial charge is 0.0234 e. The molecule has 0 bridgehead atoms. The first kappa shape index (κ1) is 6.16. The Hall–Kier alpha value is 0.430. The molecule has 0 aromatic heterocycles. The third-order valence-electron chi connectivity index (χ3n) is 2.40. The van der Waals surface area contributed by atoms with Crippen LogP contribution in [0.1, 0.15) is 38.5 Å². The average molecular weight is 142 g/mol. The maximum absolute atomic E-state index is 1.56. The van der Waals surface area contributed by atoms with Crippen LogP contribution in [0.25, 0.3) is 0 Å². The van der Waals surface area contributed by atoms with Crippen LogP contribution >= 0.6 is 8.58 Å². The van der Waals surface area contributed by atoms with E-state index in [1.54, 1.807) is 25.7 Å². The van der Waals surface area contributed by atoms with Crippen molar-refractivity contribution in [3.05, 3.63) is 0 Å². The van der Waals surface area contributed by atoms with Crippen molar-refractivity contribution in [3.8, 4) is 0 Å². The molecule has 1 heteroatoms. The predicted octanol–water partition coefficient (Wildman–Crippen LogP) is 2.77. The summed E-state index contributed by atoms with van der Waals surface area (Å²) in [5.74, 6) is 0. The van der Waals surface area contributed by atoms with E-state index in [9.17, 15) is 0 Å². The first-order valence-electron chi connectivity index (χ1n) is 4.21. The van der Waals surface area contributed by atoms with E-state index in [1.807, 2.05) is 0 Å². The quantitative estimate of drug-likeness (QED) is 0.520. The summed E-state index contributed by atoms with van der Waals surface area (Å²) in [4.78, 5) is 0. The molecule has 52 valence electrons. The van der Waals surface area contributed by atoms with Gasteiger partial charge in [-0.1, -0.05) is 12.8 Å². The summed E-state index contributed by atoms with van der Waals surface area (Å²) in [5, 5.41) is 0. The third-order valence-corrected chi connectivity index (χ3v) is 4.50. The van der Waals surface area contributed by atoms with Crippen LogP contribution in [0.4, 0.5) is 0 Å². The van der Waals surface area contributed by atoms with Crippen molar-refractivity contribution in [1.29, 1.82) is 0 Å². The van der Waals surface area contributed by atoms with E-state index in [0.717, 1.165) is 0 Å². The summed E-state index contributed by atoms with van der Waals surface area (Å²) in [5.41, 5.74) is 2.38. The van der Waals surface area contributed by atoms with Crippen LogP contribution in [0.3, 0.4) is 0 Å². The molecular weight excluding hydrogens is 127 g/mol. The molecule has 2 saturated carbocycles.